The van der Waals surface area contributed by atoms with E-state index in [9.17, 15) is 10.2 Å². The van der Waals surface area contributed by atoms with Crippen LogP contribution in [0.25, 0.3) is 43.6 Å². The zero-order chi connectivity index (χ0) is 30.5. The quantitative estimate of drug-likeness (QED) is 0.167. The van der Waals surface area contributed by atoms with E-state index in [0.29, 0.717) is 36.2 Å². The molecule has 1 saturated heterocycles. The van der Waals surface area contributed by atoms with Crippen LogP contribution in [0.1, 0.15) is 0 Å². The molecule has 6 nitrogen and oxygen atoms in total. The molecule has 2 N–H and O–H groups in total. The third-order valence-corrected chi connectivity index (χ3v) is 10.2. The minimum Gasteiger partial charge on any atom is -0.390 e. The van der Waals surface area contributed by atoms with Gasteiger partial charge in [0.25, 0.3) is 0 Å². The molecule has 0 spiro atoms. The highest BCUT2D eigenvalue weighted by Gasteiger charge is 2.23. The van der Waals surface area contributed by atoms with Crippen molar-refractivity contribution in [2.75, 3.05) is 39.3 Å². The normalized spacial score (nSPS) is 16.5. The van der Waals surface area contributed by atoms with E-state index >= 15 is 0 Å². The van der Waals surface area contributed by atoms with Crippen molar-refractivity contribution >= 4 is 98.7 Å². The van der Waals surface area contributed by atoms with E-state index in [1.807, 2.05) is 36.4 Å². The fraction of sp³-hybridized carbons (Fsp3) is 0.294. The van der Waals surface area contributed by atoms with Gasteiger partial charge < -0.3 is 19.3 Å². The molecular weight excluding hydrogens is 727 g/mol. The third-order valence-electron chi connectivity index (χ3n) is 8.77. The van der Waals surface area contributed by atoms with Crippen LogP contribution in [-0.2, 0) is 13.1 Å². The summed E-state index contributed by atoms with van der Waals surface area (Å²) < 4.78 is 6.48. The first-order valence-corrected chi connectivity index (χ1v) is 17.1. The minimum absolute atomic E-state index is 0.480. The van der Waals surface area contributed by atoms with Gasteiger partial charge in [0.1, 0.15) is 0 Å². The molecule has 1 fully saturated rings. The number of halogens is 4. The number of aromatic nitrogens is 2. The number of hydrogen-bond acceptors (Lipinski definition) is 4. The van der Waals surface area contributed by atoms with Crippen LogP contribution in [0.5, 0.6) is 0 Å². The Morgan fingerprint density at radius 2 is 0.864 bits per heavy atom. The summed E-state index contributed by atoms with van der Waals surface area (Å²) in [7, 11) is 0. The van der Waals surface area contributed by atoms with Gasteiger partial charge >= 0.3 is 0 Å². The van der Waals surface area contributed by atoms with Gasteiger partial charge in [0, 0.05) is 102 Å². The lowest BCUT2D eigenvalue weighted by atomic mass is 10.1. The Hall–Kier alpha value is -2.14. The summed E-state index contributed by atoms with van der Waals surface area (Å²) in [6.45, 7) is 5.60. The van der Waals surface area contributed by atoms with E-state index in [0.717, 1.165) is 68.0 Å². The smallest absolute Gasteiger partial charge is 0.0845 e. The molecule has 0 unspecified atom stereocenters. The summed E-state index contributed by atoms with van der Waals surface area (Å²) in [6, 6.07) is 24.4. The molecule has 0 saturated carbocycles. The molecule has 1 aliphatic heterocycles. The number of hydrogen-bond donors (Lipinski definition) is 2. The number of fused-ring (bicyclic) bond motifs is 6. The van der Waals surface area contributed by atoms with Gasteiger partial charge in [-0.1, -0.05) is 55.1 Å². The van der Waals surface area contributed by atoms with E-state index < -0.39 is 12.2 Å². The molecule has 0 radical (unpaired) electrons. The molecule has 0 bridgehead atoms. The van der Waals surface area contributed by atoms with Crippen molar-refractivity contribution in [2.24, 2.45) is 0 Å². The first-order chi connectivity index (χ1) is 21.2. The van der Waals surface area contributed by atoms with Gasteiger partial charge in [-0.25, -0.2) is 0 Å². The molecule has 228 valence electrons. The number of aliphatic hydroxyl groups is 2. The summed E-state index contributed by atoms with van der Waals surface area (Å²) in [5.41, 5.74) is 4.31. The maximum atomic E-state index is 11.2. The maximum absolute atomic E-state index is 11.2. The molecule has 7 rings (SSSR count). The van der Waals surface area contributed by atoms with E-state index in [1.165, 1.54) is 10.8 Å². The van der Waals surface area contributed by atoms with E-state index in [4.69, 9.17) is 23.2 Å². The zero-order valence-electron chi connectivity index (χ0n) is 23.9. The molecule has 44 heavy (non-hydrogen) atoms. The molecule has 2 atom stereocenters. The molecule has 10 heteroatoms. The van der Waals surface area contributed by atoms with Crippen molar-refractivity contribution in [3.05, 3.63) is 91.8 Å². The first kappa shape index (κ1) is 30.5. The summed E-state index contributed by atoms with van der Waals surface area (Å²) in [5.74, 6) is 0. The topological polar surface area (TPSA) is 56.8 Å². The fourth-order valence-corrected chi connectivity index (χ4v) is 7.84. The van der Waals surface area contributed by atoms with Crippen molar-refractivity contribution in [1.29, 1.82) is 0 Å². The molecule has 0 aliphatic carbocycles. The predicted octanol–water partition coefficient (Wildman–Crippen LogP) is 7.77. The van der Waals surface area contributed by atoms with Crippen LogP contribution in [-0.4, -0.2) is 80.6 Å². The summed E-state index contributed by atoms with van der Waals surface area (Å²) >= 11 is 19.9. The Bertz CT molecular complexity index is 1740. The second-order valence-corrected chi connectivity index (χ2v) is 14.5. The van der Waals surface area contributed by atoms with Gasteiger partial charge in [-0.3, -0.25) is 9.80 Å². The maximum Gasteiger partial charge on any atom is 0.0845 e. The Labute approximate surface area is 282 Å². The van der Waals surface area contributed by atoms with E-state index in [1.54, 1.807) is 0 Å². The molecular formula is C34H32Br2Cl2N4O2. The number of rotatable bonds is 8. The van der Waals surface area contributed by atoms with Crippen LogP contribution < -0.4 is 0 Å². The monoisotopic (exact) mass is 756 g/mol. The van der Waals surface area contributed by atoms with Crippen LogP contribution >= 0.6 is 55.1 Å². The molecule has 4 aromatic carbocycles. The Morgan fingerprint density at radius 3 is 1.25 bits per heavy atom. The van der Waals surface area contributed by atoms with Crippen LogP contribution in [0.15, 0.2) is 81.7 Å². The number of piperazine rings is 1. The highest BCUT2D eigenvalue weighted by Crippen LogP contribution is 2.34. The van der Waals surface area contributed by atoms with E-state index in [-0.39, 0.29) is 0 Å². The van der Waals surface area contributed by atoms with Crippen molar-refractivity contribution in [1.82, 2.24) is 18.9 Å². The van der Waals surface area contributed by atoms with Crippen LogP contribution in [0.4, 0.5) is 0 Å². The van der Waals surface area contributed by atoms with Gasteiger partial charge in [0.2, 0.25) is 0 Å². The highest BCUT2D eigenvalue weighted by atomic mass is 79.9. The van der Waals surface area contributed by atoms with Gasteiger partial charge in [0.05, 0.1) is 25.3 Å². The lowest BCUT2D eigenvalue weighted by Crippen LogP contribution is -2.50. The molecule has 0 amide bonds. The average molecular weight is 759 g/mol. The number of β-amino-alcohol motifs (C(OH)–C–C–N with tert-alkyl or cyclic N) is 2. The van der Waals surface area contributed by atoms with Crippen molar-refractivity contribution in [2.45, 2.75) is 25.3 Å². The lowest BCUT2D eigenvalue weighted by Gasteiger charge is -2.36. The third kappa shape index (κ3) is 6.04. The zero-order valence-corrected chi connectivity index (χ0v) is 28.6. The summed E-state index contributed by atoms with van der Waals surface area (Å²) in [4.78, 5) is 4.65. The number of benzene rings is 4. The standard InChI is InChI=1S/C34H32Br2Cl2N4O2/c35-21-1-5-31-27(13-21)28-14-22(36)2-6-32(28)41(31)19-25(43)17-39-9-11-40(12-10-39)18-26(44)20-42-33-7-3-23(37)15-29(33)30-16-24(38)4-8-34(30)42/h1-8,13-16,25-26,43-44H,9-12,17-20H2/t25-,26-/m0/s1. The van der Waals surface area contributed by atoms with Gasteiger partial charge in [-0.2, -0.15) is 0 Å². The van der Waals surface area contributed by atoms with Crippen molar-refractivity contribution < 1.29 is 10.2 Å². The van der Waals surface area contributed by atoms with Crippen LogP contribution in [0, 0.1) is 0 Å². The summed E-state index contributed by atoms with van der Waals surface area (Å²) in [5, 5.41) is 28.2. The molecule has 6 aromatic rings. The number of nitrogens with zero attached hydrogens (tertiary/aromatic N) is 4. The second-order valence-electron chi connectivity index (χ2n) is 11.8. The largest absolute Gasteiger partial charge is 0.390 e. The Balaban J connectivity index is 0.983. The second kappa shape index (κ2) is 12.6. The molecule has 1 aliphatic rings. The highest BCUT2D eigenvalue weighted by molar-refractivity contribution is 9.10. The minimum atomic E-state index is -0.535. The van der Waals surface area contributed by atoms with Gasteiger partial charge in [-0.05, 0) is 72.8 Å². The number of aliphatic hydroxyl groups excluding tert-OH is 2. The summed E-state index contributed by atoms with van der Waals surface area (Å²) in [6.07, 6.45) is -1.04. The van der Waals surface area contributed by atoms with Crippen molar-refractivity contribution in [3.8, 4) is 0 Å². The fourth-order valence-electron chi connectivity index (χ4n) is 6.78. The Kier molecular flexibility index (Phi) is 8.72. The van der Waals surface area contributed by atoms with Gasteiger partial charge in [0.15, 0.2) is 0 Å². The average Bonchev–Trinajstić information content (AvgIpc) is 3.44. The molecule has 3 heterocycles. The SMILES string of the molecule is O[C@@H](CN1CCN(C[C@H](O)Cn2c3ccc(Br)cc3c3cc(Br)ccc32)CC1)Cn1c2ccc(Cl)cc2c2cc(Cl)ccc21. The van der Waals surface area contributed by atoms with Crippen molar-refractivity contribution in [3.63, 3.8) is 0 Å². The van der Waals surface area contributed by atoms with E-state index in [2.05, 4.69) is 87.2 Å². The van der Waals surface area contributed by atoms with Crippen LogP contribution in [0.3, 0.4) is 0 Å². The first-order valence-electron chi connectivity index (χ1n) is 14.8. The predicted molar refractivity (Wildman–Crippen MR) is 189 cm³/mol. The molecule has 2 aromatic heterocycles. The lowest BCUT2D eigenvalue weighted by molar-refractivity contribution is 0.0415. The van der Waals surface area contributed by atoms with Crippen LogP contribution in [0.2, 0.25) is 10.0 Å². The van der Waals surface area contributed by atoms with Gasteiger partial charge in [-0.15, -0.1) is 0 Å². The Morgan fingerprint density at radius 1 is 0.523 bits per heavy atom.